The van der Waals surface area contributed by atoms with Gasteiger partial charge in [0.25, 0.3) is 5.91 Å². The van der Waals surface area contributed by atoms with E-state index in [4.69, 9.17) is 9.47 Å². The van der Waals surface area contributed by atoms with Gasteiger partial charge in [0.1, 0.15) is 18.5 Å². The largest absolute Gasteiger partial charge is 0.491 e. The van der Waals surface area contributed by atoms with Gasteiger partial charge in [0, 0.05) is 34.2 Å². The highest BCUT2D eigenvalue weighted by Gasteiger charge is 2.51. The van der Waals surface area contributed by atoms with Gasteiger partial charge >= 0.3 is 12.0 Å². The Kier molecular flexibility index (Phi) is 7.47. The Morgan fingerprint density at radius 3 is 2.66 bits per heavy atom. The molecule has 1 saturated heterocycles. The fourth-order valence-corrected chi connectivity index (χ4v) is 3.62. The number of nitrogens with one attached hydrogen (secondary N) is 1. The Hall–Kier alpha value is -2.98. The Labute approximate surface area is 188 Å². The van der Waals surface area contributed by atoms with Crippen molar-refractivity contribution in [1.82, 2.24) is 15.1 Å². The van der Waals surface area contributed by atoms with Gasteiger partial charge in [-0.05, 0) is 37.1 Å². The van der Waals surface area contributed by atoms with Crippen molar-refractivity contribution >= 4 is 23.7 Å². The number of guanidine groups is 1. The van der Waals surface area contributed by atoms with Crippen LogP contribution in [-0.4, -0.2) is 103 Å². The van der Waals surface area contributed by atoms with E-state index in [1.807, 2.05) is 32.0 Å². The molecule has 1 fully saturated rings. The Morgan fingerprint density at radius 2 is 1.97 bits per heavy atom. The summed E-state index contributed by atoms with van der Waals surface area (Å²) in [6.45, 7) is 5.33. The number of urea groups is 1. The number of aliphatic imine (C=N–C) groups is 1. The molecule has 0 saturated carbocycles. The number of aliphatic hydroxyl groups is 1. The summed E-state index contributed by atoms with van der Waals surface area (Å²) in [5, 5.41) is 13.9. The minimum Gasteiger partial charge on any atom is -0.491 e. The molecule has 1 aromatic carbocycles. The lowest BCUT2D eigenvalue weighted by atomic mass is 10.1. The van der Waals surface area contributed by atoms with E-state index in [1.54, 1.807) is 18.7 Å². The molecule has 3 rings (SSSR count). The summed E-state index contributed by atoms with van der Waals surface area (Å²) in [4.78, 5) is 32.2. The van der Waals surface area contributed by atoms with Crippen molar-refractivity contribution in [2.75, 3.05) is 47.5 Å². The third-order valence-electron chi connectivity index (χ3n) is 5.67. The number of aryl methyl sites for hydroxylation is 2. The number of amides is 3. The van der Waals surface area contributed by atoms with Crippen LogP contribution < -0.4 is 10.1 Å². The van der Waals surface area contributed by atoms with Crippen molar-refractivity contribution in [2.45, 2.75) is 32.4 Å². The molecule has 2 aliphatic heterocycles. The van der Waals surface area contributed by atoms with E-state index in [-0.39, 0.29) is 19.1 Å². The van der Waals surface area contributed by atoms with E-state index >= 15 is 0 Å². The average molecular weight is 447 g/mol. The molecule has 0 aromatic heterocycles. The van der Waals surface area contributed by atoms with Gasteiger partial charge in [0.15, 0.2) is 0 Å². The molecule has 0 spiro atoms. The summed E-state index contributed by atoms with van der Waals surface area (Å²) in [5.74, 6) is 1.07. The topological polar surface area (TPSA) is 107 Å². The molecule has 10 heteroatoms. The molecule has 0 aliphatic carbocycles. The van der Waals surface area contributed by atoms with Crippen LogP contribution in [-0.2, 0) is 9.53 Å². The Balaban J connectivity index is 1.75. The number of carbonyl (C=O) groups is 2. The highest BCUT2D eigenvalue weighted by molar-refractivity contribution is 6.22. The number of carbonyl (C=O) groups excluding carboxylic acids is 2. The standard InChI is InChI=1S/C22H31N5O5/c1-14-7-8-17(11-15(14)2)32-13-16(28)12-27-18-19(24-21(27)23-9-6-10-31-5)25(3)22(30)26(4)20(18)29/h7-8,11,16,18,28H,6,9-10,12-13H2,1-5H3/p+1. The summed E-state index contributed by atoms with van der Waals surface area (Å²) < 4.78 is 12.5. The van der Waals surface area contributed by atoms with Gasteiger partial charge in [-0.2, -0.15) is 0 Å². The maximum atomic E-state index is 12.9. The fourth-order valence-electron chi connectivity index (χ4n) is 3.62. The summed E-state index contributed by atoms with van der Waals surface area (Å²) in [7, 11) is 4.66. The van der Waals surface area contributed by atoms with Crippen LogP contribution in [0, 0.1) is 13.8 Å². The normalized spacial score (nSPS) is 19.3. The molecule has 0 radical (unpaired) electrons. The number of rotatable bonds is 9. The molecule has 3 amide bonds. The van der Waals surface area contributed by atoms with Gasteiger partial charge < -0.3 is 14.6 Å². The summed E-state index contributed by atoms with van der Waals surface area (Å²) in [5.41, 5.74) is 2.27. The van der Waals surface area contributed by atoms with Crippen LogP contribution in [0.25, 0.3) is 0 Å². The van der Waals surface area contributed by atoms with Crippen molar-refractivity contribution in [2.24, 2.45) is 4.99 Å². The summed E-state index contributed by atoms with van der Waals surface area (Å²) in [6, 6.07) is 4.53. The molecule has 1 aromatic rings. The number of ether oxygens (including phenoxy) is 2. The quantitative estimate of drug-likeness (QED) is 0.419. The molecule has 2 N–H and O–H groups in total. The SMILES string of the molecule is COCCCNC1=[N+](CC(O)COc2ccc(C)c(C)c2)C2C(=O)N(C)C(=O)N(C)C2=N1. The van der Waals surface area contributed by atoms with Crippen molar-refractivity contribution in [3.63, 3.8) is 0 Å². The summed E-state index contributed by atoms with van der Waals surface area (Å²) >= 11 is 0. The number of fused-ring (bicyclic) bond motifs is 1. The highest BCUT2D eigenvalue weighted by Crippen LogP contribution is 2.20. The second-order valence-corrected chi connectivity index (χ2v) is 8.07. The monoisotopic (exact) mass is 446 g/mol. The second kappa shape index (κ2) is 10.1. The number of imide groups is 1. The predicted octanol–water partition coefficient (Wildman–Crippen LogP) is 0.342. The zero-order valence-electron chi connectivity index (χ0n) is 19.3. The van der Waals surface area contributed by atoms with Crippen molar-refractivity contribution in [3.8, 4) is 5.75 Å². The van der Waals surface area contributed by atoms with Crippen molar-refractivity contribution in [3.05, 3.63) is 29.3 Å². The van der Waals surface area contributed by atoms with Crippen LogP contribution in [0.3, 0.4) is 0 Å². The number of methoxy groups -OCH3 is 1. The number of amidine groups is 1. The van der Waals surface area contributed by atoms with E-state index in [0.29, 0.717) is 30.7 Å². The number of nitrogens with zero attached hydrogens (tertiary/aromatic N) is 4. The van der Waals surface area contributed by atoms with Crippen molar-refractivity contribution < 1.29 is 28.7 Å². The van der Waals surface area contributed by atoms with Crippen LogP contribution in [0.2, 0.25) is 0 Å². The van der Waals surface area contributed by atoms with Crippen LogP contribution in [0.1, 0.15) is 17.5 Å². The average Bonchev–Trinajstić information content (AvgIpc) is 3.12. The lowest BCUT2D eigenvalue weighted by Gasteiger charge is -2.32. The van der Waals surface area contributed by atoms with Gasteiger partial charge in [0.05, 0.1) is 13.1 Å². The van der Waals surface area contributed by atoms with Gasteiger partial charge in [-0.25, -0.2) is 9.37 Å². The van der Waals surface area contributed by atoms with Crippen LogP contribution in [0.15, 0.2) is 23.2 Å². The zero-order chi connectivity index (χ0) is 23.4. The first-order chi connectivity index (χ1) is 15.2. The van der Waals surface area contributed by atoms with Crippen LogP contribution >= 0.6 is 0 Å². The molecule has 2 aliphatic rings. The first-order valence-electron chi connectivity index (χ1n) is 10.6. The third-order valence-corrected chi connectivity index (χ3v) is 5.67. The zero-order valence-corrected chi connectivity index (χ0v) is 19.3. The number of aliphatic hydroxyl groups excluding tert-OH is 1. The molecule has 32 heavy (non-hydrogen) atoms. The first-order valence-corrected chi connectivity index (χ1v) is 10.6. The fraction of sp³-hybridized carbons (Fsp3) is 0.545. The van der Waals surface area contributed by atoms with E-state index in [1.165, 1.54) is 11.9 Å². The minimum atomic E-state index is -0.886. The third kappa shape index (κ3) is 4.91. The molecule has 0 bridgehead atoms. The number of β-amino-alcohol motifs (C(OH)–C–C–N with tert-alkyl or cyclic N) is 1. The molecule has 2 atom stereocenters. The molecule has 10 nitrogen and oxygen atoms in total. The smallest absolute Gasteiger partial charge is 0.390 e. The minimum absolute atomic E-state index is 0.0524. The maximum Gasteiger partial charge on any atom is 0.390 e. The second-order valence-electron chi connectivity index (χ2n) is 8.07. The molecular formula is C22H32N5O5+. The number of hydrogen-bond donors (Lipinski definition) is 2. The first kappa shape index (κ1) is 23.7. The molecule has 2 heterocycles. The maximum absolute atomic E-state index is 12.9. The van der Waals surface area contributed by atoms with Gasteiger partial charge in [-0.15, -0.1) is 0 Å². The van der Waals surface area contributed by atoms with Gasteiger partial charge in [-0.3, -0.25) is 19.9 Å². The number of likely N-dealkylation sites (N-methyl/N-ethyl adjacent to an activating group) is 2. The molecular weight excluding hydrogens is 414 g/mol. The van der Waals surface area contributed by atoms with Gasteiger partial charge in [-0.1, -0.05) is 11.1 Å². The highest BCUT2D eigenvalue weighted by atomic mass is 16.5. The van der Waals surface area contributed by atoms with Crippen LogP contribution in [0.5, 0.6) is 5.75 Å². The molecule has 174 valence electrons. The Morgan fingerprint density at radius 1 is 1.22 bits per heavy atom. The van der Waals surface area contributed by atoms with Crippen molar-refractivity contribution in [1.29, 1.82) is 0 Å². The van der Waals surface area contributed by atoms with Gasteiger partial charge in [0.2, 0.25) is 11.9 Å². The Bertz CT molecular complexity index is 945. The van der Waals surface area contributed by atoms with E-state index in [9.17, 15) is 14.7 Å². The van der Waals surface area contributed by atoms with E-state index < -0.39 is 18.2 Å². The van der Waals surface area contributed by atoms with E-state index in [2.05, 4.69) is 10.3 Å². The lowest BCUT2D eigenvalue weighted by molar-refractivity contribution is -0.545. The summed E-state index contributed by atoms with van der Waals surface area (Å²) in [6.07, 6.45) is -0.146. The van der Waals surface area contributed by atoms with Crippen LogP contribution in [0.4, 0.5) is 4.79 Å². The van der Waals surface area contributed by atoms with E-state index in [0.717, 1.165) is 22.4 Å². The molecule has 2 unspecified atom stereocenters. The number of hydrogen-bond acceptors (Lipinski definition) is 7. The predicted molar refractivity (Wildman–Crippen MR) is 119 cm³/mol. The lowest BCUT2D eigenvalue weighted by Crippen LogP contribution is -2.62. The number of benzene rings is 1.